The van der Waals surface area contributed by atoms with Gasteiger partial charge in [0, 0.05) is 18.5 Å². The van der Waals surface area contributed by atoms with Gasteiger partial charge in [0.2, 0.25) is 0 Å². The lowest BCUT2D eigenvalue weighted by molar-refractivity contribution is 0.264. The second-order valence-electron chi connectivity index (χ2n) is 4.45. The Hall–Kier alpha value is -1.44. The summed E-state index contributed by atoms with van der Waals surface area (Å²) in [7, 11) is 0. The summed E-state index contributed by atoms with van der Waals surface area (Å²) in [5, 5.41) is 3.48. The molecule has 2 aliphatic rings. The van der Waals surface area contributed by atoms with Crippen LogP contribution in [0.4, 0.5) is 0 Å². The van der Waals surface area contributed by atoms with Crippen LogP contribution < -0.4 is 5.32 Å². The van der Waals surface area contributed by atoms with E-state index in [9.17, 15) is 0 Å². The summed E-state index contributed by atoms with van der Waals surface area (Å²) >= 11 is 0. The zero-order chi connectivity index (χ0) is 10.8. The van der Waals surface area contributed by atoms with E-state index in [0.717, 1.165) is 31.8 Å². The maximum atomic E-state index is 5.86. The number of rotatable bonds is 0. The molecule has 1 aromatic carbocycles. The smallest absolute Gasteiger partial charge is 0.145 e. The van der Waals surface area contributed by atoms with Gasteiger partial charge in [-0.25, -0.2) is 0 Å². The van der Waals surface area contributed by atoms with E-state index in [1.807, 2.05) is 0 Å². The van der Waals surface area contributed by atoms with Crippen LogP contribution in [0.3, 0.4) is 0 Å². The Kier molecular flexibility index (Phi) is 2.56. The zero-order valence-electron chi connectivity index (χ0n) is 9.46. The van der Waals surface area contributed by atoms with E-state index < -0.39 is 0 Å². The molecule has 2 aliphatic heterocycles. The van der Waals surface area contributed by atoms with Gasteiger partial charge in [-0.3, -0.25) is 0 Å². The Morgan fingerprint density at radius 3 is 2.88 bits per heavy atom. The average Bonchev–Trinajstić information content (AvgIpc) is 2.39. The number of fused-ring (bicyclic) bond motifs is 1. The van der Waals surface area contributed by atoms with Crippen LogP contribution in [0.2, 0.25) is 0 Å². The molecule has 0 aliphatic carbocycles. The molecule has 3 rings (SSSR count). The lowest BCUT2D eigenvalue weighted by Crippen LogP contribution is -2.23. The maximum Gasteiger partial charge on any atom is 0.145 e. The molecule has 1 fully saturated rings. The number of allylic oxidation sites excluding steroid dienone is 1. The number of benzene rings is 1. The monoisotopic (exact) mass is 215 g/mol. The first kappa shape index (κ1) is 9.76. The predicted octanol–water partition coefficient (Wildman–Crippen LogP) is 2.70. The van der Waals surface area contributed by atoms with Crippen molar-refractivity contribution in [3.63, 3.8) is 0 Å². The third kappa shape index (κ3) is 1.69. The van der Waals surface area contributed by atoms with Crippen molar-refractivity contribution in [2.24, 2.45) is 0 Å². The first-order chi connectivity index (χ1) is 7.95. The summed E-state index contributed by atoms with van der Waals surface area (Å²) < 4.78 is 5.86. The van der Waals surface area contributed by atoms with E-state index >= 15 is 0 Å². The molecule has 0 bridgehead atoms. The van der Waals surface area contributed by atoms with E-state index in [0.29, 0.717) is 0 Å². The molecule has 0 saturated carbocycles. The number of hydrogen-bond donors (Lipinski definition) is 1. The van der Waals surface area contributed by atoms with E-state index in [4.69, 9.17) is 4.74 Å². The quantitative estimate of drug-likeness (QED) is 0.718. The molecule has 16 heavy (non-hydrogen) atoms. The first-order valence-electron chi connectivity index (χ1n) is 6.13. The van der Waals surface area contributed by atoms with Crippen molar-refractivity contribution in [1.82, 2.24) is 5.32 Å². The van der Waals surface area contributed by atoms with E-state index in [-0.39, 0.29) is 0 Å². The summed E-state index contributed by atoms with van der Waals surface area (Å²) in [4.78, 5) is 0. The number of ether oxygens (including phenoxy) is 1. The standard InChI is InChI=1S/C14H17NO/c1-2-6-12-11(5-1)8-10-16-14(12)13-7-3-4-9-15-13/h1-2,5-6,15H,3-4,7-10H2/b14-13-. The SMILES string of the molecule is c1ccc2c(c1)CCO/C2=C1/CCCCN1. The van der Waals surface area contributed by atoms with Gasteiger partial charge in [0.25, 0.3) is 0 Å². The first-order valence-corrected chi connectivity index (χ1v) is 6.13. The van der Waals surface area contributed by atoms with Gasteiger partial charge >= 0.3 is 0 Å². The molecule has 0 spiro atoms. The number of piperidine rings is 1. The third-order valence-electron chi connectivity index (χ3n) is 3.35. The summed E-state index contributed by atoms with van der Waals surface area (Å²) in [6, 6.07) is 8.59. The van der Waals surface area contributed by atoms with Crippen molar-refractivity contribution in [3.05, 3.63) is 41.1 Å². The normalized spacial score (nSPS) is 24.2. The highest BCUT2D eigenvalue weighted by molar-refractivity contribution is 5.67. The zero-order valence-corrected chi connectivity index (χ0v) is 9.46. The van der Waals surface area contributed by atoms with Crippen molar-refractivity contribution < 1.29 is 4.74 Å². The van der Waals surface area contributed by atoms with Crippen LogP contribution in [0, 0.1) is 0 Å². The Balaban J connectivity index is 2.03. The Morgan fingerprint density at radius 2 is 2.00 bits per heavy atom. The minimum absolute atomic E-state index is 0.817. The molecular formula is C14H17NO. The second-order valence-corrected chi connectivity index (χ2v) is 4.45. The Morgan fingerprint density at radius 1 is 1.06 bits per heavy atom. The lowest BCUT2D eigenvalue weighted by Gasteiger charge is -2.26. The van der Waals surface area contributed by atoms with Crippen molar-refractivity contribution in [1.29, 1.82) is 0 Å². The Bertz CT molecular complexity index is 414. The molecule has 0 amide bonds. The van der Waals surface area contributed by atoms with Crippen molar-refractivity contribution in [3.8, 4) is 0 Å². The topological polar surface area (TPSA) is 21.3 Å². The molecule has 1 N–H and O–H groups in total. The van der Waals surface area contributed by atoms with Crippen LogP contribution >= 0.6 is 0 Å². The largest absolute Gasteiger partial charge is 0.491 e. The summed E-state index contributed by atoms with van der Waals surface area (Å²) in [6.45, 7) is 1.90. The van der Waals surface area contributed by atoms with Crippen LogP contribution in [0.1, 0.15) is 30.4 Å². The molecule has 1 saturated heterocycles. The highest BCUT2D eigenvalue weighted by Gasteiger charge is 2.19. The maximum absolute atomic E-state index is 5.86. The van der Waals surface area contributed by atoms with Crippen LogP contribution in [-0.2, 0) is 11.2 Å². The van der Waals surface area contributed by atoms with Gasteiger partial charge in [-0.05, 0) is 24.8 Å². The minimum Gasteiger partial charge on any atom is -0.491 e. The average molecular weight is 215 g/mol. The molecule has 0 atom stereocenters. The predicted molar refractivity (Wildman–Crippen MR) is 64.9 cm³/mol. The minimum atomic E-state index is 0.817. The van der Waals surface area contributed by atoms with E-state index in [1.54, 1.807) is 0 Å². The highest BCUT2D eigenvalue weighted by Crippen LogP contribution is 2.30. The second kappa shape index (κ2) is 4.20. The molecule has 2 heterocycles. The van der Waals surface area contributed by atoms with E-state index in [2.05, 4.69) is 29.6 Å². The molecule has 0 unspecified atom stereocenters. The van der Waals surface area contributed by atoms with Gasteiger partial charge < -0.3 is 10.1 Å². The number of hydrogen-bond acceptors (Lipinski definition) is 2. The van der Waals surface area contributed by atoms with Crippen molar-refractivity contribution >= 4 is 5.76 Å². The van der Waals surface area contributed by atoms with E-state index in [1.165, 1.54) is 29.7 Å². The van der Waals surface area contributed by atoms with Crippen LogP contribution in [0.15, 0.2) is 30.0 Å². The van der Waals surface area contributed by atoms with Gasteiger partial charge in [0.1, 0.15) is 5.76 Å². The molecule has 2 heteroatoms. The van der Waals surface area contributed by atoms with Crippen LogP contribution in [0.5, 0.6) is 0 Å². The van der Waals surface area contributed by atoms with Crippen molar-refractivity contribution in [2.45, 2.75) is 25.7 Å². The van der Waals surface area contributed by atoms with Crippen molar-refractivity contribution in [2.75, 3.05) is 13.2 Å². The summed E-state index contributed by atoms with van der Waals surface area (Å²) in [5.41, 5.74) is 4.01. The molecule has 0 aromatic heterocycles. The molecule has 0 radical (unpaired) electrons. The summed E-state index contributed by atoms with van der Waals surface area (Å²) in [5.74, 6) is 1.10. The van der Waals surface area contributed by atoms with Gasteiger partial charge in [0.05, 0.1) is 12.3 Å². The fourth-order valence-corrected chi connectivity index (χ4v) is 2.50. The Labute approximate surface area is 96.3 Å². The number of nitrogens with one attached hydrogen (secondary N) is 1. The van der Waals surface area contributed by atoms with Gasteiger partial charge in [-0.1, -0.05) is 24.3 Å². The third-order valence-corrected chi connectivity index (χ3v) is 3.35. The van der Waals surface area contributed by atoms with Gasteiger partial charge in [-0.2, -0.15) is 0 Å². The summed E-state index contributed by atoms with van der Waals surface area (Å²) in [6.07, 6.45) is 4.71. The van der Waals surface area contributed by atoms with Gasteiger partial charge in [0.15, 0.2) is 0 Å². The molecule has 84 valence electrons. The van der Waals surface area contributed by atoms with Crippen LogP contribution in [0.25, 0.3) is 5.76 Å². The molecule has 2 nitrogen and oxygen atoms in total. The van der Waals surface area contributed by atoms with Crippen LogP contribution in [-0.4, -0.2) is 13.2 Å². The highest BCUT2D eigenvalue weighted by atomic mass is 16.5. The molecule has 1 aromatic rings. The fourth-order valence-electron chi connectivity index (χ4n) is 2.50. The molecular weight excluding hydrogens is 198 g/mol. The lowest BCUT2D eigenvalue weighted by atomic mass is 9.97. The van der Waals surface area contributed by atoms with Gasteiger partial charge in [-0.15, -0.1) is 0 Å². The fraction of sp³-hybridized carbons (Fsp3) is 0.429.